The molecule has 16 heavy (non-hydrogen) atoms. The van der Waals surface area contributed by atoms with Gasteiger partial charge >= 0.3 is 5.69 Å². The lowest BCUT2D eigenvalue weighted by atomic mass is 10.3. The van der Waals surface area contributed by atoms with E-state index in [1.54, 1.807) is 16.8 Å². The summed E-state index contributed by atoms with van der Waals surface area (Å²) in [5.74, 6) is 0.426. The Balaban J connectivity index is 2.44. The van der Waals surface area contributed by atoms with Crippen molar-refractivity contribution in [2.75, 3.05) is 0 Å². The molecular formula is C11H14N2O3. The summed E-state index contributed by atoms with van der Waals surface area (Å²) in [5, 5.41) is 9.66. The zero-order valence-corrected chi connectivity index (χ0v) is 9.14. The Bertz CT molecular complexity index is 542. The maximum Gasteiger partial charge on any atom is 0.350 e. The first-order valence-electron chi connectivity index (χ1n) is 5.35. The number of aromatic nitrogens is 2. The highest BCUT2D eigenvalue weighted by Gasteiger charge is 2.07. The predicted octanol–water partition coefficient (Wildman–Crippen LogP) is 1.28. The van der Waals surface area contributed by atoms with Crippen molar-refractivity contribution in [2.45, 2.75) is 32.9 Å². The average molecular weight is 222 g/mol. The third kappa shape index (κ3) is 1.99. The number of hydrogen-bond acceptors (Lipinski definition) is 4. The van der Waals surface area contributed by atoms with Crippen LogP contribution >= 0.6 is 0 Å². The topological polar surface area (TPSA) is 68.3 Å². The molecule has 0 saturated carbocycles. The molecule has 5 nitrogen and oxygen atoms in total. The van der Waals surface area contributed by atoms with E-state index in [2.05, 4.69) is 11.9 Å². The SMILES string of the molecule is CCCCn1cc2cc(CO)oc2nc1=O. The van der Waals surface area contributed by atoms with Crippen LogP contribution in [0.5, 0.6) is 0 Å². The molecule has 2 aromatic rings. The fourth-order valence-corrected chi connectivity index (χ4v) is 1.57. The largest absolute Gasteiger partial charge is 0.440 e. The fraction of sp³-hybridized carbons (Fsp3) is 0.455. The number of fused-ring (bicyclic) bond motifs is 1. The maximum atomic E-state index is 11.6. The van der Waals surface area contributed by atoms with Crippen LogP contribution in [0.15, 0.2) is 21.5 Å². The first-order chi connectivity index (χ1) is 7.74. The molecule has 0 amide bonds. The van der Waals surface area contributed by atoms with E-state index in [0.717, 1.165) is 18.2 Å². The van der Waals surface area contributed by atoms with Crippen LogP contribution in [0.25, 0.3) is 11.1 Å². The minimum absolute atomic E-state index is 0.181. The molecule has 0 saturated heterocycles. The van der Waals surface area contributed by atoms with E-state index in [4.69, 9.17) is 9.52 Å². The summed E-state index contributed by atoms with van der Waals surface area (Å²) in [7, 11) is 0. The number of furan rings is 1. The Hall–Kier alpha value is -1.62. The standard InChI is InChI=1S/C11H14N2O3/c1-2-3-4-13-6-8-5-9(7-14)16-10(8)12-11(13)15/h5-6,14H,2-4,7H2,1H3. The smallest absolute Gasteiger partial charge is 0.350 e. The second kappa shape index (κ2) is 4.49. The van der Waals surface area contributed by atoms with Gasteiger partial charge in [-0.05, 0) is 12.5 Å². The number of aliphatic hydroxyl groups excluding tert-OH is 1. The molecule has 0 bridgehead atoms. The summed E-state index contributed by atoms with van der Waals surface area (Å²) in [6.45, 7) is 2.55. The minimum atomic E-state index is -0.306. The quantitative estimate of drug-likeness (QED) is 0.846. The van der Waals surface area contributed by atoms with Crippen molar-refractivity contribution >= 4 is 11.1 Å². The molecule has 1 N–H and O–H groups in total. The van der Waals surface area contributed by atoms with Crippen LogP contribution < -0.4 is 5.69 Å². The van der Waals surface area contributed by atoms with E-state index in [1.807, 2.05) is 0 Å². The van der Waals surface area contributed by atoms with E-state index < -0.39 is 0 Å². The number of aliphatic hydroxyl groups is 1. The van der Waals surface area contributed by atoms with Gasteiger partial charge in [-0.25, -0.2) is 4.79 Å². The van der Waals surface area contributed by atoms with Gasteiger partial charge in [0.15, 0.2) is 0 Å². The van der Waals surface area contributed by atoms with Crippen molar-refractivity contribution in [1.82, 2.24) is 9.55 Å². The van der Waals surface area contributed by atoms with Gasteiger partial charge < -0.3 is 9.52 Å². The lowest BCUT2D eigenvalue weighted by Gasteiger charge is -2.01. The monoisotopic (exact) mass is 222 g/mol. The van der Waals surface area contributed by atoms with Gasteiger partial charge in [0.05, 0.1) is 5.39 Å². The Labute approximate surface area is 92.3 Å². The molecule has 0 radical (unpaired) electrons. The first-order valence-corrected chi connectivity index (χ1v) is 5.35. The van der Waals surface area contributed by atoms with E-state index in [-0.39, 0.29) is 12.3 Å². The van der Waals surface area contributed by atoms with Gasteiger partial charge in [0, 0.05) is 12.7 Å². The van der Waals surface area contributed by atoms with Crippen LogP contribution in [-0.4, -0.2) is 14.7 Å². The highest BCUT2D eigenvalue weighted by molar-refractivity contribution is 5.72. The van der Waals surface area contributed by atoms with Crippen molar-refractivity contribution in [3.8, 4) is 0 Å². The van der Waals surface area contributed by atoms with Gasteiger partial charge in [-0.1, -0.05) is 13.3 Å². The lowest BCUT2D eigenvalue weighted by Crippen LogP contribution is -2.21. The molecule has 86 valence electrons. The summed E-state index contributed by atoms with van der Waals surface area (Å²) in [4.78, 5) is 15.4. The van der Waals surface area contributed by atoms with Crippen LogP contribution in [0.1, 0.15) is 25.5 Å². The normalized spacial score (nSPS) is 11.1. The third-order valence-corrected chi connectivity index (χ3v) is 2.44. The van der Waals surface area contributed by atoms with E-state index in [9.17, 15) is 4.79 Å². The highest BCUT2D eigenvalue weighted by Crippen LogP contribution is 2.15. The van der Waals surface area contributed by atoms with Crippen LogP contribution in [0.4, 0.5) is 0 Å². The van der Waals surface area contributed by atoms with Gasteiger partial charge in [-0.3, -0.25) is 4.57 Å². The molecular weight excluding hydrogens is 208 g/mol. The molecule has 2 rings (SSSR count). The number of hydrogen-bond donors (Lipinski definition) is 1. The predicted molar refractivity (Wildman–Crippen MR) is 59.1 cm³/mol. The van der Waals surface area contributed by atoms with Gasteiger partial charge in [-0.15, -0.1) is 0 Å². The molecule has 5 heteroatoms. The summed E-state index contributed by atoms with van der Waals surface area (Å²) >= 11 is 0. The molecule has 2 heterocycles. The zero-order chi connectivity index (χ0) is 11.5. The lowest BCUT2D eigenvalue weighted by molar-refractivity contribution is 0.250. The maximum absolute atomic E-state index is 11.6. The van der Waals surface area contributed by atoms with Crippen LogP contribution in [-0.2, 0) is 13.2 Å². The van der Waals surface area contributed by atoms with Crippen LogP contribution in [0.2, 0.25) is 0 Å². The Morgan fingerprint density at radius 1 is 1.56 bits per heavy atom. The van der Waals surface area contributed by atoms with Gasteiger partial charge in [0.25, 0.3) is 0 Å². The van der Waals surface area contributed by atoms with Crippen LogP contribution in [0.3, 0.4) is 0 Å². The van der Waals surface area contributed by atoms with Crippen molar-refractivity contribution in [3.63, 3.8) is 0 Å². The van der Waals surface area contributed by atoms with E-state index in [0.29, 0.717) is 18.0 Å². The second-order valence-electron chi connectivity index (χ2n) is 3.70. The van der Waals surface area contributed by atoms with Crippen molar-refractivity contribution < 1.29 is 9.52 Å². The first kappa shape index (κ1) is 10.9. The van der Waals surface area contributed by atoms with Crippen LogP contribution in [0, 0.1) is 0 Å². The molecule has 0 unspecified atom stereocenters. The molecule has 0 aliphatic heterocycles. The summed E-state index contributed by atoms with van der Waals surface area (Å²) in [6, 6.07) is 1.70. The molecule has 0 atom stereocenters. The summed E-state index contributed by atoms with van der Waals surface area (Å²) in [5.41, 5.74) is -0.0124. The van der Waals surface area contributed by atoms with Crippen molar-refractivity contribution in [2.24, 2.45) is 0 Å². The minimum Gasteiger partial charge on any atom is -0.440 e. The molecule has 0 aliphatic rings. The molecule has 0 aliphatic carbocycles. The summed E-state index contributed by atoms with van der Waals surface area (Å²) < 4.78 is 6.75. The Morgan fingerprint density at radius 2 is 2.38 bits per heavy atom. The van der Waals surface area contributed by atoms with Gasteiger partial charge in [-0.2, -0.15) is 4.98 Å². The zero-order valence-electron chi connectivity index (χ0n) is 9.14. The van der Waals surface area contributed by atoms with E-state index >= 15 is 0 Å². The molecule has 0 fully saturated rings. The van der Waals surface area contributed by atoms with Crippen molar-refractivity contribution in [1.29, 1.82) is 0 Å². The third-order valence-electron chi connectivity index (χ3n) is 2.44. The van der Waals surface area contributed by atoms with Crippen molar-refractivity contribution in [3.05, 3.63) is 28.5 Å². The fourth-order valence-electron chi connectivity index (χ4n) is 1.57. The number of aryl methyl sites for hydroxylation is 1. The highest BCUT2D eigenvalue weighted by atomic mass is 16.4. The molecule has 0 aromatic carbocycles. The second-order valence-corrected chi connectivity index (χ2v) is 3.70. The van der Waals surface area contributed by atoms with Gasteiger partial charge in [0.1, 0.15) is 12.4 Å². The number of nitrogens with zero attached hydrogens (tertiary/aromatic N) is 2. The number of unbranched alkanes of at least 4 members (excludes halogenated alkanes) is 1. The molecule has 0 spiro atoms. The van der Waals surface area contributed by atoms with Gasteiger partial charge in [0.2, 0.25) is 5.71 Å². The Kier molecular flexibility index (Phi) is 3.05. The molecule has 2 aromatic heterocycles. The Morgan fingerprint density at radius 3 is 3.06 bits per heavy atom. The average Bonchev–Trinajstić information content (AvgIpc) is 2.67. The summed E-state index contributed by atoms with van der Waals surface area (Å²) in [6.07, 6.45) is 3.69. The number of rotatable bonds is 4. The van der Waals surface area contributed by atoms with E-state index in [1.165, 1.54) is 0 Å².